The van der Waals surface area contributed by atoms with E-state index in [1.54, 1.807) is 12.1 Å². The second-order valence-corrected chi connectivity index (χ2v) is 5.50. The Kier molecular flexibility index (Phi) is 3.34. The average molecular weight is 293 g/mol. The fourth-order valence-corrected chi connectivity index (χ4v) is 2.84. The molecule has 0 radical (unpaired) electrons. The second-order valence-electron chi connectivity index (χ2n) is 4.47. The summed E-state index contributed by atoms with van der Waals surface area (Å²) in [7, 11) is 0. The van der Waals surface area contributed by atoms with Crippen LogP contribution in [0.2, 0.25) is 0 Å². The van der Waals surface area contributed by atoms with Gasteiger partial charge < -0.3 is 5.73 Å². The lowest BCUT2D eigenvalue weighted by Crippen LogP contribution is -1.89. The molecule has 3 aromatic rings. The number of nitrogens with two attached hydrogens (primary N) is 1. The molecule has 1 aromatic carbocycles. The van der Waals surface area contributed by atoms with Crippen LogP contribution in [0, 0.1) is 18.3 Å². The SMILES string of the molecule is Cc1cc(-c2sc(N)nc2-c2cccc(C#N)c2)ncn1. The van der Waals surface area contributed by atoms with Gasteiger partial charge in [0.25, 0.3) is 0 Å². The first-order valence-electron chi connectivity index (χ1n) is 6.23. The van der Waals surface area contributed by atoms with Crippen LogP contribution in [0.4, 0.5) is 5.13 Å². The van der Waals surface area contributed by atoms with Crippen LogP contribution in [0.25, 0.3) is 21.8 Å². The number of anilines is 1. The summed E-state index contributed by atoms with van der Waals surface area (Å²) in [5, 5.41) is 9.49. The van der Waals surface area contributed by atoms with E-state index >= 15 is 0 Å². The van der Waals surface area contributed by atoms with Gasteiger partial charge in [0.05, 0.1) is 27.9 Å². The van der Waals surface area contributed by atoms with E-state index in [1.807, 2.05) is 25.1 Å². The van der Waals surface area contributed by atoms with Gasteiger partial charge in [0.2, 0.25) is 0 Å². The number of nitrogens with zero attached hydrogens (tertiary/aromatic N) is 4. The van der Waals surface area contributed by atoms with Crippen molar-refractivity contribution in [2.75, 3.05) is 5.73 Å². The van der Waals surface area contributed by atoms with Crippen LogP contribution in [0.3, 0.4) is 0 Å². The molecule has 0 spiro atoms. The van der Waals surface area contributed by atoms with E-state index in [1.165, 1.54) is 17.7 Å². The monoisotopic (exact) mass is 293 g/mol. The number of aromatic nitrogens is 3. The van der Waals surface area contributed by atoms with Crippen LogP contribution in [0.5, 0.6) is 0 Å². The molecular formula is C15H11N5S. The van der Waals surface area contributed by atoms with E-state index in [4.69, 9.17) is 11.0 Å². The summed E-state index contributed by atoms with van der Waals surface area (Å²) >= 11 is 1.38. The standard InChI is InChI=1S/C15H11N5S/c1-9-5-12(19-8-18-9)14-13(20-15(17)21-14)11-4-2-3-10(6-11)7-16/h2-6,8H,1H3,(H2,17,20). The number of hydrogen-bond donors (Lipinski definition) is 1. The average Bonchev–Trinajstić information content (AvgIpc) is 2.89. The van der Waals surface area contributed by atoms with Gasteiger partial charge in [-0.1, -0.05) is 23.5 Å². The maximum absolute atomic E-state index is 9.02. The normalized spacial score (nSPS) is 10.3. The predicted molar refractivity (Wildman–Crippen MR) is 82.4 cm³/mol. The van der Waals surface area contributed by atoms with E-state index < -0.39 is 0 Å². The third-order valence-corrected chi connectivity index (χ3v) is 3.85. The van der Waals surface area contributed by atoms with E-state index in [9.17, 15) is 0 Å². The number of nitrogen functional groups attached to an aromatic ring is 1. The van der Waals surface area contributed by atoms with E-state index in [0.717, 1.165) is 27.5 Å². The molecule has 2 aromatic heterocycles. The number of thiazole rings is 1. The highest BCUT2D eigenvalue weighted by atomic mass is 32.1. The van der Waals surface area contributed by atoms with Gasteiger partial charge >= 0.3 is 0 Å². The largest absolute Gasteiger partial charge is 0.375 e. The number of rotatable bonds is 2. The lowest BCUT2D eigenvalue weighted by Gasteiger charge is -2.03. The second kappa shape index (κ2) is 5.31. The summed E-state index contributed by atoms with van der Waals surface area (Å²) in [5.41, 5.74) is 9.71. The van der Waals surface area contributed by atoms with E-state index in [2.05, 4.69) is 21.0 Å². The molecule has 21 heavy (non-hydrogen) atoms. The van der Waals surface area contributed by atoms with Gasteiger partial charge in [-0.25, -0.2) is 15.0 Å². The van der Waals surface area contributed by atoms with Crippen LogP contribution in [0.1, 0.15) is 11.3 Å². The van der Waals surface area contributed by atoms with Gasteiger partial charge in [-0.05, 0) is 25.1 Å². The summed E-state index contributed by atoms with van der Waals surface area (Å²) in [6, 6.07) is 11.3. The van der Waals surface area contributed by atoms with Gasteiger partial charge in [-0.15, -0.1) is 0 Å². The van der Waals surface area contributed by atoms with Gasteiger partial charge in [0.15, 0.2) is 5.13 Å². The maximum atomic E-state index is 9.02. The van der Waals surface area contributed by atoms with Crippen molar-refractivity contribution >= 4 is 16.5 Å². The van der Waals surface area contributed by atoms with E-state index in [-0.39, 0.29) is 0 Å². The third-order valence-electron chi connectivity index (χ3n) is 2.95. The highest BCUT2D eigenvalue weighted by Gasteiger charge is 2.15. The number of benzene rings is 1. The van der Waals surface area contributed by atoms with Crippen LogP contribution < -0.4 is 5.73 Å². The molecule has 0 aliphatic heterocycles. The molecule has 0 bridgehead atoms. The maximum Gasteiger partial charge on any atom is 0.181 e. The van der Waals surface area contributed by atoms with Gasteiger partial charge in [0.1, 0.15) is 6.33 Å². The van der Waals surface area contributed by atoms with Gasteiger partial charge in [-0.2, -0.15) is 5.26 Å². The fraction of sp³-hybridized carbons (Fsp3) is 0.0667. The van der Waals surface area contributed by atoms with Crippen LogP contribution in [-0.2, 0) is 0 Å². The highest BCUT2D eigenvalue weighted by Crippen LogP contribution is 2.37. The molecule has 0 saturated heterocycles. The molecule has 5 nitrogen and oxygen atoms in total. The minimum atomic E-state index is 0.471. The molecule has 6 heteroatoms. The zero-order valence-electron chi connectivity index (χ0n) is 11.2. The Balaban J connectivity index is 2.18. The molecule has 2 N–H and O–H groups in total. The minimum absolute atomic E-state index is 0.471. The first-order chi connectivity index (χ1) is 10.2. The van der Waals surface area contributed by atoms with Crippen molar-refractivity contribution in [2.45, 2.75) is 6.92 Å². The molecule has 2 heterocycles. The number of nitriles is 1. The summed E-state index contributed by atoms with van der Waals surface area (Å²) in [4.78, 5) is 13.7. The topological polar surface area (TPSA) is 88.5 Å². The van der Waals surface area contributed by atoms with Crippen molar-refractivity contribution < 1.29 is 0 Å². The zero-order valence-corrected chi connectivity index (χ0v) is 12.1. The number of aryl methyl sites for hydroxylation is 1. The molecule has 102 valence electrons. The Labute approximate surface area is 125 Å². The lowest BCUT2D eigenvalue weighted by atomic mass is 10.1. The Morgan fingerprint density at radius 2 is 2.10 bits per heavy atom. The van der Waals surface area contributed by atoms with Crippen molar-refractivity contribution in [2.24, 2.45) is 0 Å². The summed E-state index contributed by atoms with van der Waals surface area (Å²) in [6.45, 7) is 1.91. The Morgan fingerprint density at radius 3 is 2.86 bits per heavy atom. The van der Waals surface area contributed by atoms with Crippen LogP contribution in [0.15, 0.2) is 36.7 Å². The molecule has 0 saturated carbocycles. The molecule has 0 unspecified atom stereocenters. The lowest BCUT2D eigenvalue weighted by molar-refractivity contribution is 1.11. The van der Waals surface area contributed by atoms with Crippen molar-refractivity contribution in [3.8, 4) is 27.9 Å². The molecule has 0 fully saturated rings. The molecule has 0 amide bonds. The van der Waals surface area contributed by atoms with Gasteiger partial charge in [-0.3, -0.25) is 0 Å². The highest BCUT2D eigenvalue weighted by molar-refractivity contribution is 7.19. The van der Waals surface area contributed by atoms with Crippen LogP contribution in [-0.4, -0.2) is 15.0 Å². The smallest absolute Gasteiger partial charge is 0.181 e. The molecule has 3 rings (SSSR count). The molecule has 0 aliphatic carbocycles. The zero-order chi connectivity index (χ0) is 14.8. The Bertz CT molecular complexity index is 847. The van der Waals surface area contributed by atoms with Crippen molar-refractivity contribution in [3.63, 3.8) is 0 Å². The summed E-state index contributed by atoms with van der Waals surface area (Å²) in [5.74, 6) is 0. The van der Waals surface area contributed by atoms with Crippen molar-refractivity contribution in [1.29, 1.82) is 5.26 Å². The fourth-order valence-electron chi connectivity index (χ4n) is 2.02. The summed E-state index contributed by atoms with van der Waals surface area (Å²) < 4.78 is 0. The summed E-state index contributed by atoms with van der Waals surface area (Å²) in [6.07, 6.45) is 1.52. The Morgan fingerprint density at radius 1 is 1.24 bits per heavy atom. The number of hydrogen-bond acceptors (Lipinski definition) is 6. The van der Waals surface area contributed by atoms with Crippen molar-refractivity contribution in [1.82, 2.24) is 15.0 Å². The van der Waals surface area contributed by atoms with E-state index in [0.29, 0.717) is 10.7 Å². The molecule has 0 atom stereocenters. The third kappa shape index (κ3) is 2.59. The van der Waals surface area contributed by atoms with Gasteiger partial charge in [0, 0.05) is 11.3 Å². The first kappa shape index (κ1) is 13.2. The van der Waals surface area contributed by atoms with Crippen LogP contribution >= 0.6 is 11.3 Å². The minimum Gasteiger partial charge on any atom is -0.375 e. The Hall–Kier alpha value is -2.78. The quantitative estimate of drug-likeness (QED) is 0.784. The molecule has 0 aliphatic rings. The van der Waals surface area contributed by atoms with Crippen molar-refractivity contribution in [3.05, 3.63) is 47.9 Å². The first-order valence-corrected chi connectivity index (χ1v) is 7.05. The molecular weight excluding hydrogens is 282 g/mol. The predicted octanol–water partition coefficient (Wildman–Crippen LogP) is 3.03.